The van der Waals surface area contributed by atoms with Crippen molar-refractivity contribution in [1.29, 1.82) is 0 Å². The Morgan fingerprint density at radius 3 is 2.94 bits per heavy atom. The summed E-state index contributed by atoms with van der Waals surface area (Å²) in [5.41, 5.74) is 5.87. The average Bonchev–Trinajstić information content (AvgIpc) is 2.58. The summed E-state index contributed by atoms with van der Waals surface area (Å²) in [7, 11) is 0. The van der Waals surface area contributed by atoms with Crippen LogP contribution >= 0.6 is 0 Å². The van der Waals surface area contributed by atoms with Crippen LogP contribution in [0.5, 0.6) is 0 Å². The largest absolute Gasteiger partial charge is 0.354 e. The third kappa shape index (κ3) is 2.09. The molecule has 2 atom stereocenters. The molecule has 0 saturated carbocycles. The predicted octanol–water partition coefficient (Wildman–Crippen LogP) is 0.116. The fraction of sp³-hybridized carbons (Fsp3) is 0.636. The molecule has 5 heteroatoms. The summed E-state index contributed by atoms with van der Waals surface area (Å²) in [4.78, 5) is 20.7. The molecule has 1 saturated heterocycles. The van der Waals surface area contributed by atoms with E-state index in [-0.39, 0.29) is 11.6 Å². The SMILES string of the molecule is CCc1nc(N2CC(C)C(N)C2)cc(=O)[nH]1. The van der Waals surface area contributed by atoms with Gasteiger partial charge in [-0.3, -0.25) is 4.79 Å². The number of aromatic nitrogens is 2. The smallest absolute Gasteiger partial charge is 0.252 e. The van der Waals surface area contributed by atoms with E-state index >= 15 is 0 Å². The van der Waals surface area contributed by atoms with E-state index in [0.29, 0.717) is 5.92 Å². The molecule has 0 aliphatic carbocycles. The maximum atomic E-state index is 11.4. The first kappa shape index (κ1) is 11.1. The van der Waals surface area contributed by atoms with Gasteiger partial charge in [0.05, 0.1) is 0 Å². The maximum Gasteiger partial charge on any atom is 0.252 e. The first-order valence-corrected chi connectivity index (χ1v) is 5.71. The Labute approximate surface area is 94.7 Å². The molecule has 88 valence electrons. The van der Waals surface area contributed by atoms with Crippen LogP contribution in [0.25, 0.3) is 0 Å². The van der Waals surface area contributed by atoms with Crippen LogP contribution in [0.2, 0.25) is 0 Å². The third-order valence-electron chi connectivity index (χ3n) is 3.11. The molecule has 1 aliphatic rings. The number of nitrogens with zero attached hydrogens (tertiary/aromatic N) is 2. The van der Waals surface area contributed by atoms with E-state index in [4.69, 9.17) is 5.73 Å². The zero-order chi connectivity index (χ0) is 11.7. The van der Waals surface area contributed by atoms with Gasteiger partial charge >= 0.3 is 0 Å². The topological polar surface area (TPSA) is 75.0 Å². The summed E-state index contributed by atoms with van der Waals surface area (Å²) < 4.78 is 0. The van der Waals surface area contributed by atoms with Crippen LogP contribution in [0.1, 0.15) is 19.7 Å². The summed E-state index contributed by atoms with van der Waals surface area (Å²) >= 11 is 0. The lowest BCUT2D eigenvalue weighted by atomic mass is 10.1. The molecule has 1 fully saturated rings. The Morgan fingerprint density at radius 2 is 2.38 bits per heavy atom. The van der Waals surface area contributed by atoms with Crippen LogP contribution in [-0.2, 0) is 6.42 Å². The molecular weight excluding hydrogens is 204 g/mol. The Kier molecular flexibility index (Phi) is 2.96. The van der Waals surface area contributed by atoms with Gasteiger partial charge in [-0.05, 0) is 5.92 Å². The monoisotopic (exact) mass is 222 g/mol. The first-order chi connectivity index (χ1) is 7.60. The van der Waals surface area contributed by atoms with Crippen molar-refractivity contribution in [2.45, 2.75) is 26.3 Å². The van der Waals surface area contributed by atoms with Crippen molar-refractivity contribution in [2.75, 3.05) is 18.0 Å². The Morgan fingerprint density at radius 1 is 1.62 bits per heavy atom. The maximum absolute atomic E-state index is 11.4. The normalized spacial score (nSPS) is 25.1. The number of rotatable bonds is 2. The second kappa shape index (κ2) is 4.25. The van der Waals surface area contributed by atoms with Crippen molar-refractivity contribution in [3.63, 3.8) is 0 Å². The molecule has 0 amide bonds. The number of hydrogen-bond donors (Lipinski definition) is 2. The van der Waals surface area contributed by atoms with E-state index in [1.165, 1.54) is 0 Å². The van der Waals surface area contributed by atoms with E-state index in [1.807, 2.05) is 6.92 Å². The van der Waals surface area contributed by atoms with Gasteiger partial charge in [0.1, 0.15) is 11.6 Å². The number of H-pyrrole nitrogens is 1. The molecule has 0 radical (unpaired) electrons. The second-order valence-electron chi connectivity index (χ2n) is 4.45. The number of nitrogens with one attached hydrogen (secondary N) is 1. The van der Waals surface area contributed by atoms with Crippen LogP contribution in [0.4, 0.5) is 5.82 Å². The highest BCUT2D eigenvalue weighted by Gasteiger charge is 2.27. The summed E-state index contributed by atoms with van der Waals surface area (Å²) in [6.45, 7) is 5.75. The van der Waals surface area contributed by atoms with E-state index in [2.05, 4.69) is 21.8 Å². The van der Waals surface area contributed by atoms with Crippen molar-refractivity contribution >= 4 is 5.82 Å². The van der Waals surface area contributed by atoms with E-state index in [9.17, 15) is 4.79 Å². The molecular formula is C11H18N4O. The number of aromatic amines is 1. The van der Waals surface area contributed by atoms with Crippen molar-refractivity contribution < 1.29 is 0 Å². The Bertz CT molecular complexity index is 418. The van der Waals surface area contributed by atoms with Crippen LogP contribution < -0.4 is 16.2 Å². The average molecular weight is 222 g/mol. The Balaban J connectivity index is 2.27. The molecule has 1 aromatic heterocycles. The van der Waals surface area contributed by atoms with Crippen molar-refractivity contribution in [3.05, 3.63) is 22.2 Å². The number of anilines is 1. The van der Waals surface area contributed by atoms with Gasteiger partial charge in [0.15, 0.2) is 0 Å². The van der Waals surface area contributed by atoms with Crippen LogP contribution in [0.15, 0.2) is 10.9 Å². The van der Waals surface area contributed by atoms with Crippen molar-refractivity contribution in [3.8, 4) is 0 Å². The van der Waals surface area contributed by atoms with Crippen LogP contribution in [0, 0.1) is 5.92 Å². The van der Waals surface area contributed by atoms with E-state index in [0.717, 1.165) is 31.2 Å². The molecule has 0 bridgehead atoms. The number of nitrogens with two attached hydrogens (primary N) is 1. The number of aryl methyl sites for hydroxylation is 1. The van der Waals surface area contributed by atoms with Gasteiger partial charge in [-0.1, -0.05) is 13.8 Å². The van der Waals surface area contributed by atoms with E-state index < -0.39 is 0 Å². The minimum absolute atomic E-state index is 0.0880. The first-order valence-electron chi connectivity index (χ1n) is 5.71. The fourth-order valence-corrected chi connectivity index (χ4v) is 2.00. The van der Waals surface area contributed by atoms with Gasteiger partial charge in [-0.25, -0.2) is 4.98 Å². The summed E-state index contributed by atoms with van der Waals surface area (Å²) in [5, 5.41) is 0. The lowest BCUT2D eigenvalue weighted by Gasteiger charge is -2.16. The van der Waals surface area contributed by atoms with Gasteiger partial charge in [0.25, 0.3) is 5.56 Å². The molecule has 0 aromatic carbocycles. The quantitative estimate of drug-likeness (QED) is 0.745. The van der Waals surface area contributed by atoms with Gasteiger partial charge in [-0.2, -0.15) is 0 Å². The summed E-state index contributed by atoms with van der Waals surface area (Å²) in [6.07, 6.45) is 0.735. The molecule has 16 heavy (non-hydrogen) atoms. The van der Waals surface area contributed by atoms with Gasteiger partial charge in [0.2, 0.25) is 0 Å². The lowest BCUT2D eigenvalue weighted by Crippen LogP contribution is -2.29. The number of hydrogen-bond acceptors (Lipinski definition) is 4. The fourth-order valence-electron chi connectivity index (χ4n) is 2.00. The van der Waals surface area contributed by atoms with Crippen LogP contribution in [-0.4, -0.2) is 29.1 Å². The molecule has 2 rings (SSSR count). The minimum atomic E-state index is -0.0880. The highest BCUT2D eigenvalue weighted by molar-refractivity contribution is 5.39. The molecule has 2 unspecified atom stereocenters. The highest BCUT2D eigenvalue weighted by atomic mass is 16.1. The minimum Gasteiger partial charge on any atom is -0.354 e. The molecule has 0 spiro atoms. The predicted molar refractivity (Wildman–Crippen MR) is 63.6 cm³/mol. The van der Waals surface area contributed by atoms with Gasteiger partial charge in [-0.15, -0.1) is 0 Å². The standard InChI is InChI=1S/C11H18N4O/c1-3-9-13-10(4-11(16)14-9)15-5-7(2)8(12)6-15/h4,7-8H,3,5-6,12H2,1-2H3,(H,13,14,16). The molecule has 1 aromatic rings. The van der Waals surface area contributed by atoms with E-state index in [1.54, 1.807) is 6.07 Å². The molecule has 1 aliphatic heterocycles. The lowest BCUT2D eigenvalue weighted by molar-refractivity contribution is 0.566. The molecule has 5 nitrogen and oxygen atoms in total. The zero-order valence-corrected chi connectivity index (χ0v) is 9.73. The van der Waals surface area contributed by atoms with Gasteiger partial charge < -0.3 is 15.6 Å². The summed E-state index contributed by atoms with van der Waals surface area (Å²) in [5.74, 6) is 1.93. The molecule has 3 N–H and O–H groups in total. The van der Waals surface area contributed by atoms with Crippen LogP contribution in [0.3, 0.4) is 0 Å². The highest BCUT2D eigenvalue weighted by Crippen LogP contribution is 2.19. The van der Waals surface area contributed by atoms with Crippen molar-refractivity contribution in [2.24, 2.45) is 11.7 Å². The zero-order valence-electron chi connectivity index (χ0n) is 9.73. The summed E-state index contributed by atoms with van der Waals surface area (Å²) in [6, 6.07) is 1.72. The van der Waals surface area contributed by atoms with Crippen molar-refractivity contribution in [1.82, 2.24) is 9.97 Å². The Hall–Kier alpha value is -1.36. The molecule has 2 heterocycles. The second-order valence-corrected chi connectivity index (χ2v) is 4.45. The van der Waals surface area contributed by atoms with Gasteiger partial charge in [0, 0.05) is 31.6 Å². The third-order valence-corrected chi connectivity index (χ3v) is 3.11.